The maximum atomic E-state index is 12.3. The van der Waals surface area contributed by atoms with Crippen molar-refractivity contribution in [3.63, 3.8) is 0 Å². The van der Waals surface area contributed by atoms with Crippen LogP contribution in [0.5, 0.6) is 0 Å². The standard InChI is InChI=1S/C20H29N3O2/c1-13-5-3-6-14(2)19(13)21-12-18(24)22-17-8-4-7-15(11-17)20(25)23-16-9-10-16/h4,7-8,11,13-14,16,19,21H,3,5-6,9-10,12H2,1-2H3,(H,22,24)(H,23,25)/t13-,14-/m1/s1. The number of anilines is 1. The minimum Gasteiger partial charge on any atom is -0.349 e. The quantitative estimate of drug-likeness (QED) is 0.744. The molecule has 0 radical (unpaired) electrons. The normalized spacial score (nSPS) is 23.9. The molecule has 0 saturated heterocycles. The van der Waals surface area contributed by atoms with Crippen LogP contribution in [-0.2, 0) is 4.79 Å². The van der Waals surface area contributed by atoms with Gasteiger partial charge in [-0.25, -0.2) is 0 Å². The Kier molecular flexibility index (Phi) is 5.74. The summed E-state index contributed by atoms with van der Waals surface area (Å²) in [6.45, 7) is 4.82. The predicted molar refractivity (Wildman–Crippen MR) is 99.5 cm³/mol. The molecule has 0 unspecified atom stereocenters. The van der Waals surface area contributed by atoms with Crippen molar-refractivity contribution in [2.45, 2.75) is 58.0 Å². The molecule has 0 heterocycles. The van der Waals surface area contributed by atoms with Gasteiger partial charge < -0.3 is 16.0 Å². The number of carbonyl (C=O) groups excluding carboxylic acids is 2. The predicted octanol–water partition coefficient (Wildman–Crippen LogP) is 2.93. The molecule has 2 aliphatic rings. The second-order valence-electron chi connectivity index (χ2n) is 7.67. The van der Waals surface area contributed by atoms with E-state index in [9.17, 15) is 9.59 Å². The van der Waals surface area contributed by atoms with E-state index in [2.05, 4.69) is 29.8 Å². The van der Waals surface area contributed by atoms with Crippen LogP contribution in [0.3, 0.4) is 0 Å². The summed E-state index contributed by atoms with van der Waals surface area (Å²) in [7, 11) is 0. The Bertz CT molecular complexity index is 617. The first-order valence-electron chi connectivity index (χ1n) is 9.47. The van der Waals surface area contributed by atoms with Crippen molar-refractivity contribution >= 4 is 17.5 Å². The van der Waals surface area contributed by atoms with Gasteiger partial charge in [0.25, 0.3) is 5.91 Å². The molecule has 1 aromatic carbocycles. The van der Waals surface area contributed by atoms with Crippen LogP contribution < -0.4 is 16.0 Å². The van der Waals surface area contributed by atoms with Gasteiger partial charge >= 0.3 is 0 Å². The largest absolute Gasteiger partial charge is 0.349 e. The Morgan fingerprint density at radius 3 is 2.48 bits per heavy atom. The number of benzene rings is 1. The second kappa shape index (κ2) is 8.00. The highest BCUT2D eigenvalue weighted by Gasteiger charge is 2.27. The fourth-order valence-electron chi connectivity index (χ4n) is 3.73. The van der Waals surface area contributed by atoms with E-state index in [4.69, 9.17) is 0 Å². The van der Waals surface area contributed by atoms with Crippen molar-refractivity contribution in [1.82, 2.24) is 10.6 Å². The molecule has 0 aromatic heterocycles. The number of hydrogen-bond donors (Lipinski definition) is 3. The van der Waals surface area contributed by atoms with E-state index in [0.717, 1.165) is 12.8 Å². The number of hydrogen-bond acceptors (Lipinski definition) is 3. The molecule has 2 aliphatic carbocycles. The maximum Gasteiger partial charge on any atom is 0.251 e. The summed E-state index contributed by atoms with van der Waals surface area (Å²) in [5, 5.41) is 9.28. The SMILES string of the molecule is C[C@@H]1CCC[C@@H](C)C1NCC(=O)Nc1cccc(C(=O)NC2CC2)c1. The van der Waals surface area contributed by atoms with Crippen LogP contribution in [0, 0.1) is 11.8 Å². The summed E-state index contributed by atoms with van der Waals surface area (Å²) in [4.78, 5) is 24.4. The zero-order valence-corrected chi connectivity index (χ0v) is 15.2. The molecule has 0 spiro atoms. The van der Waals surface area contributed by atoms with E-state index in [1.165, 1.54) is 19.3 Å². The number of rotatable bonds is 6. The minimum absolute atomic E-state index is 0.0651. The van der Waals surface area contributed by atoms with E-state index >= 15 is 0 Å². The van der Waals surface area contributed by atoms with Gasteiger partial charge in [0.15, 0.2) is 0 Å². The van der Waals surface area contributed by atoms with Crippen LogP contribution in [0.1, 0.15) is 56.3 Å². The molecule has 136 valence electrons. The van der Waals surface area contributed by atoms with E-state index in [1.807, 2.05) is 6.07 Å². The molecule has 1 aromatic rings. The second-order valence-corrected chi connectivity index (χ2v) is 7.67. The lowest BCUT2D eigenvalue weighted by Crippen LogP contribution is -2.45. The van der Waals surface area contributed by atoms with Gasteiger partial charge in [0.1, 0.15) is 0 Å². The van der Waals surface area contributed by atoms with Crippen LogP contribution in [0.4, 0.5) is 5.69 Å². The average Bonchev–Trinajstić information content (AvgIpc) is 3.38. The van der Waals surface area contributed by atoms with Gasteiger partial charge in [0.2, 0.25) is 5.91 Å². The van der Waals surface area contributed by atoms with Gasteiger partial charge in [0.05, 0.1) is 6.54 Å². The third-order valence-corrected chi connectivity index (χ3v) is 5.36. The fraction of sp³-hybridized carbons (Fsp3) is 0.600. The highest BCUT2D eigenvalue weighted by atomic mass is 16.2. The Hall–Kier alpha value is -1.88. The third kappa shape index (κ3) is 5.05. The minimum atomic E-state index is -0.0680. The molecule has 2 saturated carbocycles. The van der Waals surface area contributed by atoms with Crippen molar-refractivity contribution in [1.29, 1.82) is 0 Å². The molecule has 5 heteroatoms. The molecular weight excluding hydrogens is 314 g/mol. The van der Waals surface area contributed by atoms with Crippen LogP contribution >= 0.6 is 0 Å². The lowest BCUT2D eigenvalue weighted by molar-refractivity contribution is -0.115. The molecule has 0 aliphatic heterocycles. The Morgan fingerprint density at radius 2 is 1.80 bits per heavy atom. The summed E-state index contributed by atoms with van der Waals surface area (Å²) in [6, 6.07) is 7.86. The summed E-state index contributed by atoms with van der Waals surface area (Å²) in [5.41, 5.74) is 1.26. The van der Waals surface area contributed by atoms with E-state index in [1.54, 1.807) is 18.2 Å². The topological polar surface area (TPSA) is 70.2 Å². The number of amides is 2. The van der Waals surface area contributed by atoms with Crippen LogP contribution in [-0.4, -0.2) is 30.4 Å². The molecule has 2 amide bonds. The van der Waals surface area contributed by atoms with Gasteiger partial charge in [-0.05, 0) is 55.7 Å². The first-order chi connectivity index (χ1) is 12.0. The first-order valence-corrected chi connectivity index (χ1v) is 9.47. The molecule has 2 fully saturated rings. The van der Waals surface area contributed by atoms with Gasteiger partial charge in [0, 0.05) is 23.3 Å². The maximum absolute atomic E-state index is 12.3. The number of carbonyl (C=O) groups is 2. The highest BCUT2D eigenvalue weighted by Crippen LogP contribution is 2.28. The monoisotopic (exact) mass is 343 g/mol. The molecule has 2 atom stereocenters. The van der Waals surface area contributed by atoms with Crippen molar-refractivity contribution in [3.05, 3.63) is 29.8 Å². The zero-order valence-electron chi connectivity index (χ0n) is 15.2. The van der Waals surface area contributed by atoms with Gasteiger partial charge in [-0.1, -0.05) is 26.3 Å². The first kappa shape index (κ1) is 17.9. The summed E-state index contributed by atoms with van der Waals surface area (Å²) in [6.07, 6.45) is 5.85. The van der Waals surface area contributed by atoms with Crippen LogP contribution in [0.15, 0.2) is 24.3 Å². The van der Waals surface area contributed by atoms with Gasteiger partial charge in [-0.15, -0.1) is 0 Å². The van der Waals surface area contributed by atoms with Crippen molar-refractivity contribution in [3.8, 4) is 0 Å². The van der Waals surface area contributed by atoms with Gasteiger partial charge in [-0.2, -0.15) is 0 Å². The lowest BCUT2D eigenvalue weighted by atomic mass is 9.79. The molecule has 25 heavy (non-hydrogen) atoms. The third-order valence-electron chi connectivity index (χ3n) is 5.36. The molecular formula is C20H29N3O2. The smallest absolute Gasteiger partial charge is 0.251 e. The van der Waals surface area contributed by atoms with Crippen molar-refractivity contribution in [2.24, 2.45) is 11.8 Å². The van der Waals surface area contributed by atoms with Gasteiger partial charge in [-0.3, -0.25) is 9.59 Å². The molecule has 5 nitrogen and oxygen atoms in total. The van der Waals surface area contributed by atoms with Crippen LogP contribution in [0.2, 0.25) is 0 Å². The molecule has 3 N–H and O–H groups in total. The highest BCUT2D eigenvalue weighted by molar-refractivity contribution is 5.97. The summed E-state index contributed by atoms with van der Waals surface area (Å²) >= 11 is 0. The van der Waals surface area contributed by atoms with Crippen molar-refractivity contribution in [2.75, 3.05) is 11.9 Å². The number of nitrogens with one attached hydrogen (secondary N) is 3. The van der Waals surface area contributed by atoms with E-state index in [0.29, 0.717) is 41.7 Å². The summed E-state index contributed by atoms with van der Waals surface area (Å²) < 4.78 is 0. The average molecular weight is 343 g/mol. The Balaban J connectivity index is 1.51. The van der Waals surface area contributed by atoms with Crippen LogP contribution in [0.25, 0.3) is 0 Å². The lowest BCUT2D eigenvalue weighted by Gasteiger charge is -2.35. The summed E-state index contributed by atoms with van der Waals surface area (Å²) in [5.74, 6) is 1.07. The van der Waals surface area contributed by atoms with E-state index in [-0.39, 0.29) is 11.8 Å². The van der Waals surface area contributed by atoms with Crippen molar-refractivity contribution < 1.29 is 9.59 Å². The molecule has 3 rings (SSSR count). The molecule has 0 bridgehead atoms. The Morgan fingerprint density at radius 1 is 1.08 bits per heavy atom. The van der Waals surface area contributed by atoms with E-state index < -0.39 is 0 Å². The Labute approximate surface area is 150 Å². The fourth-order valence-corrected chi connectivity index (χ4v) is 3.73. The zero-order chi connectivity index (χ0) is 17.8.